The first-order valence-corrected chi connectivity index (χ1v) is 6.32. The van der Waals surface area contributed by atoms with E-state index >= 15 is 0 Å². The van der Waals surface area contributed by atoms with Crippen LogP contribution in [0.4, 0.5) is 0 Å². The summed E-state index contributed by atoms with van der Waals surface area (Å²) in [7, 11) is 0. The first-order chi connectivity index (χ1) is 8.60. The van der Waals surface area contributed by atoms with E-state index in [0.717, 1.165) is 37.4 Å². The van der Waals surface area contributed by atoms with E-state index in [0.29, 0.717) is 6.54 Å². The van der Waals surface area contributed by atoms with Gasteiger partial charge in [-0.3, -0.25) is 9.58 Å². The van der Waals surface area contributed by atoms with Crippen LogP contribution in [0.25, 0.3) is 0 Å². The van der Waals surface area contributed by atoms with Crippen LogP contribution in [0.3, 0.4) is 0 Å². The highest BCUT2D eigenvalue weighted by molar-refractivity contribution is 5.81. The Balaban J connectivity index is 2.75. The molecule has 0 bridgehead atoms. The minimum Gasteiger partial charge on any atom is -0.409 e. The zero-order chi connectivity index (χ0) is 13.5. The van der Waals surface area contributed by atoms with Gasteiger partial charge < -0.3 is 10.9 Å². The summed E-state index contributed by atoms with van der Waals surface area (Å²) in [4.78, 5) is 2.15. The predicted octanol–water partition coefficient (Wildman–Crippen LogP) is 1.17. The van der Waals surface area contributed by atoms with Gasteiger partial charge >= 0.3 is 0 Å². The van der Waals surface area contributed by atoms with Crippen molar-refractivity contribution >= 4 is 5.84 Å². The third-order valence-corrected chi connectivity index (χ3v) is 2.72. The van der Waals surface area contributed by atoms with Crippen LogP contribution in [0.5, 0.6) is 0 Å². The molecule has 0 spiro atoms. The van der Waals surface area contributed by atoms with Crippen molar-refractivity contribution in [3.8, 4) is 0 Å². The van der Waals surface area contributed by atoms with Crippen LogP contribution in [0.2, 0.25) is 0 Å². The van der Waals surface area contributed by atoms with Crippen molar-refractivity contribution in [3.63, 3.8) is 0 Å². The van der Waals surface area contributed by atoms with Gasteiger partial charge in [-0.05, 0) is 32.9 Å². The molecular formula is C12H23N5O. The third-order valence-electron chi connectivity index (χ3n) is 2.72. The molecule has 6 nitrogen and oxygen atoms in total. The molecule has 3 N–H and O–H groups in total. The third kappa shape index (κ3) is 4.03. The Kier molecular flexibility index (Phi) is 5.64. The number of oxime groups is 1. The molecule has 0 aliphatic rings. The Morgan fingerprint density at radius 3 is 2.83 bits per heavy atom. The maximum Gasteiger partial charge on any atom is 0.153 e. The molecule has 0 amide bonds. The van der Waals surface area contributed by atoms with Crippen LogP contribution in [-0.2, 0) is 13.1 Å². The van der Waals surface area contributed by atoms with Gasteiger partial charge in [0.2, 0.25) is 0 Å². The lowest BCUT2D eigenvalue weighted by Crippen LogP contribution is -2.34. The molecule has 0 fully saturated rings. The summed E-state index contributed by atoms with van der Waals surface area (Å²) < 4.78 is 1.99. The molecule has 1 heterocycles. The average molecular weight is 253 g/mol. The van der Waals surface area contributed by atoms with Gasteiger partial charge in [0.1, 0.15) is 0 Å². The Bertz CT molecular complexity index is 399. The number of rotatable bonds is 7. The van der Waals surface area contributed by atoms with Crippen LogP contribution in [0.1, 0.15) is 31.7 Å². The lowest BCUT2D eigenvalue weighted by molar-refractivity contribution is 0.279. The van der Waals surface area contributed by atoms with Gasteiger partial charge in [-0.2, -0.15) is 5.10 Å². The molecule has 1 rings (SSSR count). The second-order valence-electron chi connectivity index (χ2n) is 4.39. The zero-order valence-electron chi connectivity index (χ0n) is 11.4. The molecule has 0 aliphatic heterocycles. The molecule has 18 heavy (non-hydrogen) atoms. The number of nitrogens with zero attached hydrogens (tertiary/aromatic N) is 4. The Hall–Kier alpha value is -1.56. The number of nitrogens with two attached hydrogens (primary N) is 1. The molecule has 0 atom stereocenters. The second-order valence-corrected chi connectivity index (χ2v) is 4.39. The molecule has 1 aromatic rings. The molecule has 0 aromatic carbocycles. The molecule has 0 saturated heterocycles. The van der Waals surface area contributed by atoms with Gasteiger partial charge in [0.05, 0.1) is 17.9 Å². The summed E-state index contributed by atoms with van der Waals surface area (Å²) in [6, 6.07) is 2.08. The van der Waals surface area contributed by atoms with E-state index in [-0.39, 0.29) is 5.84 Å². The van der Waals surface area contributed by atoms with E-state index in [1.807, 2.05) is 11.6 Å². The van der Waals surface area contributed by atoms with Crippen LogP contribution in [0, 0.1) is 6.92 Å². The van der Waals surface area contributed by atoms with Crippen molar-refractivity contribution in [1.29, 1.82) is 0 Å². The smallest absolute Gasteiger partial charge is 0.153 e. The van der Waals surface area contributed by atoms with Gasteiger partial charge in [0.25, 0.3) is 0 Å². The summed E-state index contributed by atoms with van der Waals surface area (Å²) in [5, 5.41) is 16.1. The topological polar surface area (TPSA) is 79.7 Å². The van der Waals surface area contributed by atoms with Gasteiger partial charge in [-0.1, -0.05) is 12.1 Å². The van der Waals surface area contributed by atoms with Crippen LogP contribution in [-0.4, -0.2) is 38.8 Å². The quantitative estimate of drug-likeness (QED) is 0.331. The van der Waals surface area contributed by atoms with Crippen molar-refractivity contribution in [2.45, 2.75) is 40.3 Å². The van der Waals surface area contributed by atoms with Gasteiger partial charge in [0, 0.05) is 13.1 Å². The monoisotopic (exact) mass is 253 g/mol. The number of hydrogen-bond acceptors (Lipinski definition) is 4. The van der Waals surface area contributed by atoms with Crippen LogP contribution >= 0.6 is 0 Å². The molecule has 6 heteroatoms. The lowest BCUT2D eigenvalue weighted by Gasteiger charge is -2.21. The summed E-state index contributed by atoms with van der Waals surface area (Å²) in [6.45, 7) is 9.17. The molecule has 102 valence electrons. The van der Waals surface area contributed by atoms with Crippen LogP contribution in [0.15, 0.2) is 11.2 Å². The number of aryl methyl sites for hydroxylation is 2. The molecule has 0 radical (unpaired) electrons. The lowest BCUT2D eigenvalue weighted by atomic mass is 10.3. The van der Waals surface area contributed by atoms with Crippen molar-refractivity contribution in [1.82, 2.24) is 14.7 Å². The van der Waals surface area contributed by atoms with E-state index in [2.05, 4.69) is 35.1 Å². The minimum absolute atomic E-state index is 0.239. The van der Waals surface area contributed by atoms with Crippen molar-refractivity contribution < 1.29 is 5.21 Å². The highest BCUT2D eigenvalue weighted by atomic mass is 16.4. The molecule has 0 saturated carbocycles. The Morgan fingerprint density at radius 1 is 1.56 bits per heavy atom. The summed E-state index contributed by atoms with van der Waals surface area (Å²) in [5.74, 6) is 0.239. The fourth-order valence-corrected chi connectivity index (χ4v) is 2.02. The van der Waals surface area contributed by atoms with E-state index in [4.69, 9.17) is 10.9 Å². The summed E-state index contributed by atoms with van der Waals surface area (Å²) in [6.07, 6.45) is 1.03. The van der Waals surface area contributed by atoms with Gasteiger partial charge in [0.15, 0.2) is 5.84 Å². The maximum atomic E-state index is 8.64. The SMILES string of the molecule is CCCN(CC(N)=NO)Cc1cc(C)nn1CC. The summed E-state index contributed by atoms with van der Waals surface area (Å²) in [5.41, 5.74) is 7.75. The highest BCUT2D eigenvalue weighted by Crippen LogP contribution is 2.08. The van der Waals surface area contributed by atoms with Crippen LogP contribution < -0.4 is 5.73 Å². The molecule has 1 aromatic heterocycles. The fourth-order valence-electron chi connectivity index (χ4n) is 2.02. The first kappa shape index (κ1) is 14.5. The summed E-state index contributed by atoms with van der Waals surface area (Å²) >= 11 is 0. The zero-order valence-corrected chi connectivity index (χ0v) is 11.4. The fraction of sp³-hybridized carbons (Fsp3) is 0.667. The normalized spacial score (nSPS) is 12.3. The number of hydrogen-bond donors (Lipinski definition) is 2. The highest BCUT2D eigenvalue weighted by Gasteiger charge is 2.11. The van der Waals surface area contributed by atoms with Crippen molar-refractivity contribution in [2.75, 3.05) is 13.1 Å². The predicted molar refractivity (Wildman–Crippen MR) is 71.6 cm³/mol. The average Bonchev–Trinajstić information content (AvgIpc) is 2.69. The molecule has 0 unspecified atom stereocenters. The van der Waals surface area contributed by atoms with E-state index in [9.17, 15) is 0 Å². The Morgan fingerprint density at radius 2 is 2.28 bits per heavy atom. The number of aromatic nitrogens is 2. The van der Waals surface area contributed by atoms with Crippen molar-refractivity contribution in [3.05, 3.63) is 17.5 Å². The Labute approximate surface area is 108 Å². The van der Waals surface area contributed by atoms with E-state index in [1.165, 1.54) is 0 Å². The number of amidine groups is 1. The molecular weight excluding hydrogens is 230 g/mol. The maximum absolute atomic E-state index is 8.64. The van der Waals surface area contributed by atoms with E-state index < -0.39 is 0 Å². The van der Waals surface area contributed by atoms with Gasteiger partial charge in [-0.25, -0.2) is 0 Å². The van der Waals surface area contributed by atoms with E-state index in [1.54, 1.807) is 0 Å². The van der Waals surface area contributed by atoms with Crippen molar-refractivity contribution in [2.24, 2.45) is 10.9 Å². The van der Waals surface area contributed by atoms with Gasteiger partial charge in [-0.15, -0.1) is 0 Å². The first-order valence-electron chi connectivity index (χ1n) is 6.32. The standard InChI is InChI=1S/C12H23N5O/c1-4-6-16(9-12(13)15-18)8-11-7-10(3)14-17(11)5-2/h7,18H,4-6,8-9H2,1-3H3,(H2,13,15). The largest absolute Gasteiger partial charge is 0.409 e. The second kappa shape index (κ2) is 7.00. The minimum atomic E-state index is 0.239. The molecule has 0 aliphatic carbocycles.